The summed E-state index contributed by atoms with van der Waals surface area (Å²) in [5.41, 5.74) is 0. The topological polar surface area (TPSA) is 88.8 Å². The van der Waals surface area contributed by atoms with Crippen molar-refractivity contribution in [2.75, 3.05) is 13.2 Å². The average molecular weight is 255 g/mol. The molecule has 18 heavy (non-hydrogen) atoms. The van der Waals surface area contributed by atoms with Crippen molar-refractivity contribution in [2.24, 2.45) is 0 Å². The quantitative estimate of drug-likeness (QED) is 0.717. The molecule has 0 saturated heterocycles. The van der Waals surface area contributed by atoms with Gasteiger partial charge in [-0.05, 0) is 25.5 Å². The summed E-state index contributed by atoms with van der Waals surface area (Å²) in [6.07, 6.45) is 3.10. The Morgan fingerprint density at radius 3 is 2.89 bits per heavy atom. The Bertz CT molecular complexity index is 374. The number of hydrogen-bond acceptors (Lipinski definition) is 4. The lowest BCUT2D eigenvalue weighted by atomic mass is 10.1. The minimum absolute atomic E-state index is 0.0176. The summed E-state index contributed by atoms with van der Waals surface area (Å²) in [5, 5.41) is 11.0. The van der Waals surface area contributed by atoms with E-state index >= 15 is 0 Å². The number of aliphatic carboxylic acids is 1. The normalized spacial score (nSPS) is 12.1. The first-order valence-corrected chi connectivity index (χ1v) is 5.69. The van der Waals surface area contributed by atoms with Crippen LogP contribution in [0.4, 0.5) is 0 Å². The third kappa shape index (κ3) is 6.05. The summed E-state index contributed by atoms with van der Waals surface area (Å²) < 4.78 is 9.86. The zero-order chi connectivity index (χ0) is 13.4. The molecule has 0 aromatic carbocycles. The number of rotatable bonds is 8. The highest BCUT2D eigenvalue weighted by Gasteiger charge is 2.09. The van der Waals surface area contributed by atoms with E-state index in [0.29, 0.717) is 0 Å². The maximum Gasteiger partial charge on any atom is 0.329 e. The molecule has 0 bridgehead atoms. The van der Waals surface area contributed by atoms with E-state index < -0.39 is 12.6 Å². The fourth-order valence-electron chi connectivity index (χ4n) is 1.43. The van der Waals surface area contributed by atoms with Crippen LogP contribution in [0, 0.1) is 0 Å². The van der Waals surface area contributed by atoms with Crippen LogP contribution >= 0.6 is 0 Å². The predicted octanol–water partition coefficient (Wildman–Crippen LogP) is 0.818. The summed E-state index contributed by atoms with van der Waals surface area (Å²) in [6, 6.07) is 3.68. The van der Waals surface area contributed by atoms with Gasteiger partial charge in [-0.25, -0.2) is 4.79 Å². The van der Waals surface area contributed by atoms with E-state index in [1.54, 1.807) is 6.26 Å². The van der Waals surface area contributed by atoms with Crippen molar-refractivity contribution in [3.8, 4) is 0 Å². The first kappa shape index (κ1) is 14.2. The highest BCUT2D eigenvalue weighted by atomic mass is 16.5. The molecule has 0 spiro atoms. The Labute approximate surface area is 105 Å². The number of amides is 1. The number of carbonyl (C=O) groups is 2. The Balaban J connectivity index is 2.13. The molecule has 6 nitrogen and oxygen atoms in total. The van der Waals surface area contributed by atoms with Gasteiger partial charge in [0.15, 0.2) is 0 Å². The molecule has 1 aromatic rings. The molecule has 1 atom stereocenters. The van der Waals surface area contributed by atoms with Crippen LogP contribution in [-0.4, -0.2) is 36.2 Å². The van der Waals surface area contributed by atoms with Crippen LogP contribution in [0.2, 0.25) is 0 Å². The highest BCUT2D eigenvalue weighted by Crippen LogP contribution is 2.05. The molecule has 6 heteroatoms. The second kappa shape index (κ2) is 7.50. The van der Waals surface area contributed by atoms with Gasteiger partial charge in [0.05, 0.1) is 6.26 Å². The molecule has 2 N–H and O–H groups in total. The van der Waals surface area contributed by atoms with Crippen molar-refractivity contribution in [3.05, 3.63) is 24.2 Å². The Morgan fingerprint density at radius 1 is 1.50 bits per heavy atom. The maximum absolute atomic E-state index is 11.3. The third-order valence-corrected chi connectivity index (χ3v) is 2.27. The van der Waals surface area contributed by atoms with Crippen molar-refractivity contribution in [3.63, 3.8) is 0 Å². The first-order valence-electron chi connectivity index (χ1n) is 5.69. The molecule has 100 valence electrons. The maximum atomic E-state index is 11.3. The number of nitrogens with one attached hydrogen (secondary N) is 1. The van der Waals surface area contributed by atoms with Crippen molar-refractivity contribution in [1.29, 1.82) is 0 Å². The summed E-state index contributed by atoms with van der Waals surface area (Å²) in [6.45, 7) is 1.17. The summed E-state index contributed by atoms with van der Waals surface area (Å²) in [5.74, 6) is -0.532. The van der Waals surface area contributed by atoms with E-state index in [0.717, 1.165) is 18.6 Å². The van der Waals surface area contributed by atoms with E-state index in [-0.39, 0.29) is 18.6 Å². The summed E-state index contributed by atoms with van der Waals surface area (Å²) in [4.78, 5) is 21.5. The second-order valence-corrected chi connectivity index (χ2v) is 3.97. The number of carboxylic acid groups (broad SMARTS) is 1. The lowest BCUT2D eigenvalue weighted by molar-refractivity contribution is -0.143. The van der Waals surface area contributed by atoms with Gasteiger partial charge in [0.25, 0.3) is 0 Å². The van der Waals surface area contributed by atoms with Crippen LogP contribution in [0.15, 0.2) is 22.8 Å². The number of carbonyl (C=O) groups excluding carboxylic acids is 1. The van der Waals surface area contributed by atoms with Gasteiger partial charge in [-0.3, -0.25) is 4.79 Å². The molecule has 0 fully saturated rings. The Morgan fingerprint density at radius 2 is 2.28 bits per heavy atom. The minimum Gasteiger partial charge on any atom is -0.480 e. The number of carboxylic acids is 1. The van der Waals surface area contributed by atoms with Gasteiger partial charge in [0.1, 0.15) is 19.0 Å². The van der Waals surface area contributed by atoms with Crippen LogP contribution in [0.1, 0.15) is 19.1 Å². The van der Waals surface area contributed by atoms with Crippen LogP contribution in [0.25, 0.3) is 0 Å². The summed E-state index contributed by atoms with van der Waals surface area (Å²) >= 11 is 0. The molecule has 0 saturated carbocycles. The van der Waals surface area contributed by atoms with Crippen molar-refractivity contribution < 1.29 is 23.8 Å². The van der Waals surface area contributed by atoms with E-state index in [9.17, 15) is 9.59 Å². The standard InChI is InChI=1S/C12H17NO5/c1-9(4-5-10-3-2-6-18-10)13-11(14)7-17-8-12(15)16/h2-3,6,9H,4-5,7-8H2,1H3,(H,13,14)(H,15,16). The first-order chi connectivity index (χ1) is 8.58. The Kier molecular flexibility index (Phi) is 5.93. The minimum atomic E-state index is -1.09. The lowest BCUT2D eigenvalue weighted by Gasteiger charge is -2.12. The summed E-state index contributed by atoms with van der Waals surface area (Å²) in [7, 11) is 0. The van der Waals surface area contributed by atoms with Gasteiger partial charge in [0, 0.05) is 12.5 Å². The molecule has 0 aliphatic heterocycles. The second-order valence-electron chi connectivity index (χ2n) is 3.97. The predicted molar refractivity (Wildman–Crippen MR) is 63.1 cm³/mol. The van der Waals surface area contributed by atoms with E-state index in [2.05, 4.69) is 10.1 Å². The molecule has 0 aliphatic rings. The van der Waals surface area contributed by atoms with Gasteiger partial charge in [-0.2, -0.15) is 0 Å². The van der Waals surface area contributed by atoms with Crippen molar-refractivity contribution in [2.45, 2.75) is 25.8 Å². The zero-order valence-electron chi connectivity index (χ0n) is 10.2. The molecule has 1 unspecified atom stereocenters. The molecule has 0 radical (unpaired) electrons. The smallest absolute Gasteiger partial charge is 0.329 e. The number of aryl methyl sites for hydroxylation is 1. The van der Waals surface area contributed by atoms with Gasteiger partial charge in [-0.1, -0.05) is 0 Å². The molecule has 1 heterocycles. The van der Waals surface area contributed by atoms with Crippen LogP contribution in [-0.2, 0) is 20.7 Å². The molecule has 1 amide bonds. The molecular weight excluding hydrogens is 238 g/mol. The third-order valence-electron chi connectivity index (χ3n) is 2.27. The number of ether oxygens (including phenoxy) is 1. The van der Waals surface area contributed by atoms with E-state index in [1.165, 1.54) is 0 Å². The van der Waals surface area contributed by atoms with Crippen LogP contribution in [0.3, 0.4) is 0 Å². The molecular formula is C12H17NO5. The zero-order valence-corrected chi connectivity index (χ0v) is 10.2. The fourth-order valence-corrected chi connectivity index (χ4v) is 1.43. The molecule has 1 rings (SSSR count). The largest absolute Gasteiger partial charge is 0.480 e. The van der Waals surface area contributed by atoms with Crippen molar-refractivity contribution >= 4 is 11.9 Å². The molecule has 1 aromatic heterocycles. The van der Waals surface area contributed by atoms with Crippen LogP contribution < -0.4 is 5.32 Å². The fraction of sp³-hybridized carbons (Fsp3) is 0.500. The molecule has 0 aliphatic carbocycles. The number of furan rings is 1. The van der Waals surface area contributed by atoms with Crippen LogP contribution in [0.5, 0.6) is 0 Å². The average Bonchev–Trinajstić information content (AvgIpc) is 2.78. The van der Waals surface area contributed by atoms with Gasteiger partial charge < -0.3 is 19.6 Å². The van der Waals surface area contributed by atoms with E-state index in [4.69, 9.17) is 9.52 Å². The number of hydrogen-bond donors (Lipinski definition) is 2. The lowest BCUT2D eigenvalue weighted by Crippen LogP contribution is -2.36. The van der Waals surface area contributed by atoms with Crippen molar-refractivity contribution in [1.82, 2.24) is 5.32 Å². The van der Waals surface area contributed by atoms with Gasteiger partial charge in [0.2, 0.25) is 5.91 Å². The van der Waals surface area contributed by atoms with Gasteiger partial charge >= 0.3 is 5.97 Å². The van der Waals surface area contributed by atoms with Gasteiger partial charge in [-0.15, -0.1) is 0 Å². The SMILES string of the molecule is CC(CCc1ccco1)NC(=O)COCC(=O)O. The van der Waals surface area contributed by atoms with E-state index in [1.807, 2.05) is 19.1 Å². The monoisotopic (exact) mass is 255 g/mol. The highest BCUT2D eigenvalue weighted by molar-refractivity contribution is 5.78. The Hall–Kier alpha value is -1.82.